The van der Waals surface area contributed by atoms with Crippen LogP contribution in [0, 0.1) is 0 Å². The summed E-state index contributed by atoms with van der Waals surface area (Å²) in [4.78, 5) is 37.7. The fraction of sp³-hybridized carbons (Fsp3) is 0.167. The minimum Gasteiger partial charge on any atom is -0.502 e. The highest BCUT2D eigenvalue weighted by molar-refractivity contribution is 6.30. The van der Waals surface area contributed by atoms with Crippen LogP contribution in [0.25, 0.3) is 6.08 Å². The minimum absolute atomic E-state index is 0.105. The zero-order valence-electron chi connectivity index (χ0n) is 14.5. The van der Waals surface area contributed by atoms with Crippen LogP contribution >= 0.6 is 0 Å². The Hall–Kier alpha value is -3.75. The number of phenols is 1. The molecule has 2 heterocycles. The number of phenolic OH excluding ortho intramolecular Hbond substituents is 1. The van der Waals surface area contributed by atoms with Crippen molar-refractivity contribution < 1.29 is 33.4 Å². The summed E-state index contributed by atoms with van der Waals surface area (Å²) in [6.07, 6.45) is 2.70. The second kappa shape index (κ2) is 7.24. The molecule has 3 rings (SSSR count). The van der Waals surface area contributed by atoms with Crippen LogP contribution in [0.15, 0.2) is 40.5 Å². The van der Waals surface area contributed by atoms with Gasteiger partial charge in [0.25, 0.3) is 11.8 Å². The van der Waals surface area contributed by atoms with Crippen molar-refractivity contribution in [2.75, 3.05) is 14.2 Å². The molecule has 0 saturated carbocycles. The number of barbiturate groups is 1. The van der Waals surface area contributed by atoms with E-state index in [0.717, 1.165) is 4.90 Å². The Morgan fingerprint density at radius 1 is 1.19 bits per heavy atom. The summed E-state index contributed by atoms with van der Waals surface area (Å²) in [6.45, 7) is -0.121. The van der Waals surface area contributed by atoms with Crippen molar-refractivity contribution in [2.24, 2.45) is 0 Å². The van der Waals surface area contributed by atoms with Crippen molar-refractivity contribution in [1.29, 1.82) is 0 Å². The summed E-state index contributed by atoms with van der Waals surface area (Å²) in [5.74, 6) is -1.21. The van der Waals surface area contributed by atoms with Crippen LogP contribution in [0.4, 0.5) is 4.79 Å². The molecule has 9 nitrogen and oxygen atoms in total. The van der Waals surface area contributed by atoms with Gasteiger partial charge in [0.15, 0.2) is 11.5 Å². The maximum Gasteiger partial charge on any atom is 0.331 e. The minimum atomic E-state index is -0.834. The van der Waals surface area contributed by atoms with Gasteiger partial charge in [-0.2, -0.15) is 0 Å². The van der Waals surface area contributed by atoms with Gasteiger partial charge >= 0.3 is 6.03 Å². The molecule has 0 radical (unpaired) electrons. The first-order valence-corrected chi connectivity index (χ1v) is 7.80. The molecule has 27 heavy (non-hydrogen) atoms. The zero-order chi connectivity index (χ0) is 19.6. The number of hydrogen-bond acceptors (Lipinski definition) is 7. The smallest absolute Gasteiger partial charge is 0.331 e. The van der Waals surface area contributed by atoms with Gasteiger partial charge in [-0.3, -0.25) is 19.8 Å². The Morgan fingerprint density at radius 2 is 1.85 bits per heavy atom. The Balaban J connectivity index is 1.98. The van der Waals surface area contributed by atoms with Gasteiger partial charge in [-0.25, -0.2) is 4.79 Å². The lowest BCUT2D eigenvalue weighted by Crippen LogP contribution is -2.53. The lowest BCUT2D eigenvalue weighted by atomic mass is 10.1. The fourth-order valence-electron chi connectivity index (χ4n) is 2.56. The first-order chi connectivity index (χ1) is 12.9. The van der Waals surface area contributed by atoms with Crippen LogP contribution in [0.5, 0.6) is 17.2 Å². The molecular weight excluding hydrogens is 356 g/mol. The van der Waals surface area contributed by atoms with Gasteiger partial charge < -0.3 is 19.0 Å². The molecule has 0 bridgehead atoms. The van der Waals surface area contributed by atoms with Crippen LogP contribution in [0.2, 0.25) is 0 Å². The summed E-state index contributed by atoms with van der Waals surface area (Å²) in [6, 6.07) is 5.26. The number of carbonyl (C=O) groups excluding carboxylic acids is 3. The number of nitrogens with zero attached hydrogens (tertiary/aromatic N) is 1. The highest BCUT2D eigenvalue weighted by Crippen LogP contribution is 2.37. The lowest BCUT2D eigenvalue weighted by molar-refractivity contribution is -0.130. The Labute approximate surface area is 153 Å². The van der Waals surface area contributed by atoms with E-state index in [1.54, 1.807) is 12.1 Å². The van der Waals surface area contributed by atoms with Crippen LogP contribution in [0.3, 0.4) is 0 Å². The average Bonchev–Trinajstić information content (AvgIpc) is 3.16. The maximum atomic E-state index is 12.7. The summed E-state index contributed by atoms with van der Waals surface area (Å²) in [7, 11) is 2.71. The standard InChI is InChI=1S/C18H16N2O7/c1-25-13-7-10(8-14(26-2)15(13)21)6-12-16(22)19-18(24)20(17(12)23)9-11-4-3-5-27-11/h3-8,21H,9H2,1-2H3,(H,19,22,24)/b12-6+. The van der Waals surface area contributed by atoms with Crippen molar-refractivity contribution in [3.63, 3.8) is 0 Å². The summed E-state index contributed by atoms with van der Waals surface area (Å²) < 4.78 is 15.3. The number of aromatic hydroxyl groups is 1. The van der Waals surface area contributed by atoms with E-state index >= 15 is 0 Å². The highest BCUT2D eigenvalue weighted by atomic mass is 16.5. The van der Waals surface area contributed by atoms with Crippen molar-refractivity contribution in [2.45, 2.75) is 6.54 Å². The fourth-order valence-corrected chi connectivity index (χ4v) is 2.56. The van der Waals surface area contributed by atoms with E-state index in [0.29, 0.717) is 11.3 Å². The zero-order valence-corrected chi connectivity index (χ0v) is 14.5. The number of amides is 4. The van der Waals surface area contributed by atoms with E-state index in [1.165, 1.54) is 38.7 Å². The number of ether oxygens (including phenoxy) is 2. The third-order valence-corrected chi connectivity index (χ3v) is 3.89. The van der Waals surface area contributed by atoms with Gasteiger partial charge in [-0.1, -0.05) is 0 Å². The molecule has 1 saturated heterocycles. The van der Waals surface area contributed by atoms with Gasteiger partial charge in [0, 0.05) is 0 Å². The van der Waals surface area contributed by atoms with Gasteiger partial charge in [0.2, 0.25) is 5.75 Å². The van der Waals surface area contributed by atoms with E-state index in [-0.39, 0.29) is 29.4 Å². The van der Waals surface area contributed by atoms with Crippen molar-refractivity contribution in [3.05, 3.63) is 47.4 Å². The molecule has 9 heteroatoms. The first-order valence-electron chi connectivity index (χ1n) is 7.80. The number of hydrogen-bond donors (Lipinski definition) is 2. The van der Waals surface area contributed by atoms with E-state index in [2.05, 4.69) is 5.32 Å². The average molecular weight is 372 g/mol. The normalized spacial score (nSPS) is 15.9. The largest absolute Gasteiger partial charge is 0.502 e. The van der Waals surface area contributed by atoms with Crippen molar-refractivity contribution in [3.8, 4) is 17.2 Å². The molecule has 2 N–H and O–H groups in total. The van der Waals surface area contributed by atoms with Gasteiger partial charge in [0.05, 0.1) is 27.0 Å². The van der Waals surface area contributed by atoms with Crippen LogP contribution in [-0.2, 0) is 16.1 Å². The molecule has 0 spiro atoms. The molecule has 1 aromatic carbocycles. The van der Waals surface area contributed by atoms with Gasteiger partial charge in [-0.05, 0) is 35.9 Å². The number of furan rings is 1. The summed E-state index contributed by atoms with van der Waals surface area (Å²) >= 11 is 0. The van der Waals surface area contributed by atoms with Crippen LogP contribution in [-0.4, -0.2) is 42.1 Å². The Kier molecular flexibility index (Phi) is 4.84. The van der Waals surface area contributed by atoms with Gasteiger partial charge in [0.1, 0.15) is 11.3 Å². The second-order valence-corrected chi connectivity index (χ2v) is 5.56. The molecule has 140 valence electrons. The number of nitrogens with one attached hydrogen (secondary N) is 1. The number of urea groups is 1. The third kappa shape index (κ3) is 3.47. The molecule has 1 aliphatic heterocycles. The van der Waals surface area contributed by atoms with Gasteiger partial charge in [-0.15, -0.1) is 0 Å². The van der Waals surface area contributed by atoms with E-state index in [4.69, 9.17) is 13.9 Å². The molecule has 1 aromatic heterocycles. The van der Waals surface area contributed by atoms with Crippen LogP contribution in [0.1, 0.15) is 11.3 Å². The predicted molar refractivity (Wildman–Crippen MR) is 92.0 cm³/mol. The van der Waals surface area contributed by atoms with Crippen molar-refractivity contribution in [1.82, 2.24) is 10.2 Å². The molecule has 1 aliphatic rings. The molecule has 2 aromatic rings. The molecule has 1 fully saturated rings. The van der Waals surface area contributed by atoms with Crippen LogP contribution < -0.4 is 14.8 Å². The van der Waals surface area contributed by atoms with Crippen molar-refractivity contribution >= 4 is 23.9 Å². The Bertz CT molecular complexity index is 906. The monoisotopic (exact) mass is 372 g/mol. The molecule has 4 amide bonds. The predicted octanol–water partition coefficient (Wildman–Crippen LogP) is 1.66. The Morgan fingerprint density at radius 3 is 2.41 bits per heavy atom. The SMILES string of the molecule is COc1cc(/C=C2\C(=O)NC(=O)N(Cc3ccco3)C2=O)cc(OC)c1O. The second-order valence-electron chi connectivity index (χ2n) is 5.56. The first kappa shape index (κ1) is 18.1. The summed E-state index contributed by atoms with van der Waals surface area (Å²) in [5.41, 5.74) is 0.114. The number of imide groups is 2. The molecular formula is C18H16N2O7. The molecule has 0 aliphatic carbocycles. The number of rotatable bonds is 5. The molecule has 0 atom stereocenters. The highest BCUT2D eigenvalue weighted by Gasteiger charge is 2.36. The maximum absolute atomic E-state index is 12.7. The third-order valence-electron chi connectivity index (χ3n) is 3.89. The quantitative estimate of drug-likeness (QED) is 0.605. The van der Waals surface area contributed by atoms with E-state index < -0.39 is 17.8 Å². The molecule has 0 unspecified atom stereocenters. The number of carbonyl (C=O) groups is 3. The lowest BCUT2D eigenvalue weighted by Gasteiger charge is -2.25. The topological polar surface area (TPSA) is 118 Å². The number of methoxy groups -OCH3 is 2. The summed E-state index contributed by atoms with van der Waals surface area (Å²) in [5, 5.41) is 12.1. The van der Waals surface area contributed by atoms with E-state index in [9.17, 15) is 19.5 Å². The van der Waals surface area contributed by atoms with E-state index in [1.807, 2.05) is 0 Å². The number of benzene rings is 1.